The van der Waals surface area contributed by atoms with Crippen molar-refractivity contribution in [3.8, 4) is 11.1 Å². The highest BCUT2D eigenvalue weighted by Gasteiger charge is 2.50. The third-order valence-corrected chi connectivity index (χ3v) is 20.1. The molecule has 2 aliphatic carbocycles. The summed E-state index contributed by atoms with van der Waals surface area (Å²) in [6.07, 6.45) is 4.68. The lowest BCUT2D eigenvalue weighted by Crippen LogP contribution is -2.60. The molecule has 0 atom stereocenters. The molecule has 3 aromatic heterocycles. The molecule has 0 amide bonds. The number of hydrogen-bond acceptors (Lipinski definition) is 5. The van der Waals surface area contributed by atoms with E-state index in [4.69, 9.17) is 4.42 Å². The fourth-order valence-corrected chi connectivity index (χ4v) is 15.8. The summed E-state index contributed by atoms with van der Waals surface area (Å²) in [5, 5.41) is 6.30. The van der Waals surface area contributed by atoms with Gasteiger partial charge in [-0.2, -0.15) is 0 Å². The molecule has 0 spiro atoms. The zero-order valence-corrected chi connectivity index (χ0v) is 44.2. The monoisotopic (exact) mass is 948 g/mol. The molecule has 2 aliphatic heterocycles. The molecule has 348 valence electrons. The van der Waals surface area contributed by atoms with Crippen LogP contribution in [0.3, 0.4) is 0 Å². The number of anilines is 5. The average Bonchev–Trinajstić information content (AvgIpc) is 4.02. The van der Waals surface area contributed by atoms with Crippen LogP contribution in [0, 0.1) is 0 Å². The zero-order chi connectivity index (χ0) is 48.2. The van der Waals surface area contributed by atoms with Crippen LogP contribution in [0.1, 0.15) is 130 Å². The van der Waals surface area contributed by atoms with Crippen molar-refractivity contribution < 1.29 is 4.42 Å². The van der Waals surface area contributed by atoms with Crippen LogP contribution >= 0.6 is 22.7 Å². The van der Waals surface area contributed by atoms with Crippen molar-refractivity contribution in [1.29, 1.82) is 0 Å². The average molecular weight is 949 g/mol. The molecule has 0 fully saturated rings. The molecular weight excluding hydrogens is 888 g/mol. The molecule has 10 aromatic rings. The lowest BCUT2D eigenvalue weighted by atomic mass is 9.46. The molecule has 4 aliphatic rings. The van der Waals surface area contributed by atoms with Gasteiger partial charge in [0.2, 0.25) is 0 Å². The van der Waals surface area contributed by atoms with E-state index in [1.807, 2.05) is 22.7 Å². The first-order valence-corrected chi connectivity index (χ1v) is 27.3. The number of fused-ring (bicyclic) bond motifs is 15. The maximum absolute atomic E-state index is 7.36. The van der Waals surface area contributed by atoms with Crippen LogP contribution in [0.15, 0.2) is 126 Å². The maximum atomic E-state index is 7.36. The number of benzene rings is 7. The van der Waals surface area contributed by atoms with Crippen molar-refractivity contribution in [3.05, 3.63) is 149 Å². The Hall–Kier alpha value is -5.82. The van der Waals surface area contributed by atoms with E-state index in [2.05, 4.69) is 207 Å². The van der Waals surface area contributed by atoms with E-state index in [1.54, 1.807) is 0 Å². The van der Waals surface area contributed by atoms with Gasteiger partial charge in [0.15, 0.2) is 5.58 Å². The molecule has 0 radical (unpaired) electrons. The summed E-state index contributed by atoms with van der Waals surface area (Å²) in [7, 11) is 0. The van der Waals surface area contributed by atoms with Gasteiger partial charge in [-0.25, -0.2) is 0 Å². The minimum absolute atomic E-state index is 0.0253. The second-order valence-electron chi connectivity index (χ2n) is 25.0. The van der Waals surface area contributed by atoms with E-state index in [-0.39, 0.29) is 33.9 Å². The highest BCUT2D eigenvalue weighted by atomic mass is 32.1. The Labute approximate surface area is 421 Å². The van der Waals surface area contributed by atoms with Crippen LogP contribution in [0.25, 0.3) is 63.3 Å². The Morgan fingerprint density at radius 2 is 1.10 bits per heavy atom. The number of furan rings is 1. The van der Waals surface area contributed by atoms with Gasteiger partial charge < -0.3 is 14.1 Å². The number of thiophene rings is 2. The van der Waals surface area contributed by atoms with E-state index < -0.39 is 0 Å². The van der Waals surface area contributed by atoms with Crippen LogP contribution in [0.4, 0.5) is 28.4 Å². The SMILES string of the molecule is CC(C)(C)c1ccc(N2B3c4sc5cc6c(cc5c4N(c4ccc5c(c4)C(C)(C)CCC5(C)C)c4c3c(cc3c4oc4ccccc43)-c3cc4c(cc32)sc2ccccc24)C(C)(C)CCC6(C)C)cc1. The van der Waals surface area contributed by atoms with E-state index in [1.165, 1.54) is 133 Å². The Balaban J connectivity index is 1.18. The van der Waals surface area contributed by atoms with Gasteiger partial charge in [0.25, 0.3) is 0 Å². The van der Waals surface area contributed by atoms with Crippen molar-refractivity contribution in [2.75, 3.05) is 9.71 Å². The van der Waals surface area contributed by atoms with Gasteiger partial charge in [-0.15, -0.1) is 22.7 Å². The molecular formula is C64H61BN2OS2. The van der Waals surface area contributed by atoms with Gasteiger partial charge in [0, 0.05) is 68.4 Å². The minimum Gasteiger partial charge on any atom is -0.454 e. The fourth-order valence-electron chi connectivity index (χ4n) is 13.3. The third kappa shape index (κ3) is 5.87. The van der Waals surface area contributed by atoms with E-state index in [0.29, 0.717) is 0 Å². The number of nitrogens with zero attached hydrogens (tertiary/aromatic N) is 2. The molecule has 6 heteroatoms. The van der Waals surface area contributed by atoms with Crippen LogP contribution in [-0.4, -0.2) is 6.85 Å². The lowest BCUT2D eigenvalue weighted by Gasteiger charge is -2.46. The van der Waals surface area contributed by atoms with Gasteiger partial charge in [0.1, 0.15) is 5.58 Å². The molecule has 0 unspecified atom stereocenters. The third-order valence-electron chi connectivity index (χ3n) is 17.7. The number of rotatable bonds is 2. The first kappa shape index (κ1) is 43.0. The van der Waals surface area contributed by atoms with Gasteiger partial charge in [0.05, 0.1) is 11.4 Å². The summed E-state index contributed by atoms with van der Waals surface area (Å²) in [6, 6.07) is 47.6. The zero-order valence-electron chi connectivity index (χ0n) is 42.6. The molecule has 14 rings (SSSR count). The Bertz CT molecular complexity index is 3910. The smallest absolute Gasteiger partial charge is 0.343 e. The predicted molar refractivity (Wildman–Crippen MR) is 305 cm³/mol. The molecule has 5 heterocycles. The first-order valence-electron chi connectivity index (χ1n) is 25.7. The number of hydrogen-bond donors (Lipinski definition) is 0. The molecule has 0 bridgehead atoms. The summed E-state index contributed by atoms with van der Waals surface area (Å²) in [5.41, 5.74) is 19.5. The lowest BCUT2D eigenvalue weighted by molar-refractivity contribution is 0.332. The summed E-state index contributed by atoms with van der Waals surface area (Å²) in [5.74, 6) is 0. The highest BCUT2D eigenvalue weighted by Crippen LogP contribution is 2.57. The Morgan fingerprint density at radius 3 is 1.81 bits per heavy atom. The van der Waals surface area contributed by atoms with Crippen LogP contribution in [0.2, 0.25) is 0 Å². The molecule has 0 N–H and O–H groups in total. The first-order chi connectivity index (χ1) is 33.3. The quantitative estimate of drug-likeness (QED) is 0.161. The van der Waals surface area contributed by atoms with E-state index >= 15 is 0 Å². The molecule has 0 saturated heterocycles. The van der Waals surface area contributed by atoms with E-state index in [9.17, 15) is 0 Å². The number of para-hydroxylation sites is 1. The van der Waals surface area contributed by atoms with Crippen molar-refractivity contribution in [2.24, 2.45) is 0 Å². The highest BCUT2D eigenvalue weighted by molar-refractivity contribution is 7.32. The van der Waals surface area contributed by atoms with Crippen LogP contribution < -0.4 is 20.0 Å². The van der Waals surface area contributed by atoms with E-state index in [0.717, 1.165) is 23.0 Å². The van der Waals surface area contributed by atoms with Crippen molar-refractivity contribution in [3.63, 3.8) is 0 Å². The normalized spacial score (nSPS) is 18.4. The molecule has 0 saturated carbocycles. The Kier molecular flexibility index (Phi) is 8.59. The van der Waals surface area contributed by atoms with Crippen molar-refractivity contribution in [1.82, 2.24) is 0 Å². The predicted octanol–water partition coefficient (Wildman–Crippen LogP) is 17.9. The molecule has 3 nitrogen and oxygen atoms in total. The maximum Gasteiger partial charge on any atom is 0.343 e. The standard InChI is InChI=1S/C64H61BN2OS2/c1-60(2,3)36-20-22-37(23-21-36)67-50-35-54-42(40-17-13-15-19-52(40)69-54)31-41(50)43-32-44-39-16-12-14-18-51(39)68-58(44)57-55(43)65(67)59-56(45-33-48-49(34-53(45)70-59)64(10,11)29-28-63(48,8)9)66(57)38-24-25-46-47(30-38)62(6,7)27-26-61(46,4)5/h12-25,30-35H,26-29H2,1-11H3. The van der Waals surface area contributed by atoms with Gasteiger partial charge in [-0.1, -0.05) is 131 Å². The molecule has 70 heavy (non-hydrogen) atoms. The van der Waals surface area contributed by atoms with Crippen molar-refractivity contribution in [2.45, 2.75) is 129 Å². The second kappa shape index (κ2) is 14.0. The topological polar surface area (TPSA) is 19.6 Å². The summed E-state index contributed by atoms with van der Waals surface area (Å²) < 4.78 is 12.8. The Morgan fingerprint density at radius 1 is 0.500 bits per heavy atom. The summed E-state index contributed by atoms with van der Waals surface area (Å²) >= 11 is 3.94. The second-order valence-corrected chi connectivity index (χ2v) is 27.2. The van der Waals surface area contributed by atoms with Crippen LogP contribution in [0.5, 0.6) is 0 Å². The molecule has 7 aromatic carbocycles. The van der Waals surface area contributed by atoms with Crippen LogP contribution in [-0.2, 0) is 27.1 Å². The minimum atomic E-state index is -0.128. The largest absolute Gasteiger partial charge is 0.454 e. The fraction of sp³-hybridized carbons (Fsp3) is 0.312. The van der Waals surface area contributed by atoms with Gasteiger partial charge in [-0.3, -0.25) is 0 Å². The van der Waals surface area contributed by atoms with Gasteiger partial charge in [-0.05, 0) is 158 Å². The summed E-state index contributed by atoms with van der Waals surface area (Å²) in [6.45, 7) is 26.6. The summed E-state index contributed by atoms with van der Waals surface area (Å²) in [4.78, 5) is 5.42. The van der Waals surface area contributed by atoms with Gasteiger partial charge >= 0.3 is 6.85 Å². The van der Waals surface area contributed by atoms with Crippen molar-refractivity contribution >= 4 is 120 Å².